The van der Waals surface area contributed by atoms with Gasteiger partial charge in [-0.2, -0.15) is 0 Å². The van der Waals surface area contributed by atoms with Crippen LogP contribution in [0.3, 0.4) is 0 Å². The number of aldehydes is 1. The first-order chi connectivity index (χ1) is 6.90. The fraction of sp³-hybridized carbons (Fsp3) is 0. The fourth-order valence-corrected chi connectivity index (χ4v) is 1.06. The van der Waals surface area contributed by atoms with Gasteiger partial charge in [0.05, 0.1) is 6.20 Å². The Kier molecular flexibility index (Phi) is 2.27. The number of carbonyl (C=O) groups excluding carboxylic acids is 1. The number of carbonyl (C=O) groups is 1. The average Bonchev–Trinajstić information content (AvgIpc) is 2.30. The van der Waals surface area contributed by atoms with Gasteiger partial charge < -0.3 is 0 Å². The van der Waals surface area contributed by atoms with Crippen molar-refractivity contribution in [2.24, 2.45) is 0 Å². The molecule has 2 rings (SSSR count). The van der Waals surface area contributed by atoms with Gasteiger partial charge >= 0.3 is 0 Å². The predicted molar refractivity (Wildman–Crippen MR) is 50.7 cm³/mol. The van der Waals surface area contributed by atoms with Crippen molar-refractivity contribution in [1.82, 2.24) is 15.2 Å². The molecule has 0 aliphatic carbocycles. The number of hydrogen-bond donors (Lipinski definition) is 0. The zero-order valence-electron chi connectivity index (χ0n) is 7.29. The van der Waals surface area contributed by atoms with Gasteiger partial charge in [-0.3, -0.25) is 4.79 Å². The Morgan fingerprint density at radius 3 is 2.43 bits per heavy atom. The van der Waals surface area contributed by atoms with Crippen molar-refractivity contribution in [2.75, 3.05) is 0 Å². The summed E-state index contributed by atoms with van der Waals surface area (Å²) in [5.74, 6) is 0.524. The molecule has 0 aliphatic rings. The van der Waals surface area contributed by atoms with Crippen LogP contribution in [0, 0.1) is 0 Å². The Bertz CT molecular complexity index is 425. The van der Waals surface area contributed by atoms with Gasteiger partial charge in [-0.15, -0.1) is 10.2 Å². The number of hydrogen-bond acceptors (Lipinski definition) is 4. The molecule has 0 amide bonds. The topological polar surface area (TPSA) is 55.7 Å². The number of benzene rings is 1. The maximum atomic E-state index is 10.3. The van der Waals surface area contributed by atoms with Crippen LogP contribution in [0.5, 0.6) is 0 Å². The molecule has 0 bridgehead atoms. The van der Waals surface area contributed by atoms with Crippen molar-refractivity contribution in [1.29, 1.82) is 0 Å². The van der Waals surface area contributed by atoms with Crippen molar-refractivity contribution in [3.8, 4) is 11.4 Å². The minimum Gasteiger partial charge on any atom is -0.296 e. The molecule has 1 aromatic heterocycles. The maximum Gasteiger partial charge on any atom is 0.181 e. The number of aromatic nitrogens is 3. The average molecular weight is 185 g/mol. The molecule has 0 spiro atoms. The Morgan fingerprint density at radius 2 is 1.86 bits per heavy atom. The Morgan fingerprint density at radius 1 is 1.07 bits per heavy atom. The van der Waals surface area contributed by atoms with Gasteiger partial charge in [-0.1, -0.05) is 30.3 Å². The lowest BCUT2D eigenvalue weighted by atomic mass is 10.2. The number of nitrogens with zero attached hydrogens (tertiary/aromatic N) is 3. The second-order valence-electron chi connectivity index (χ2n) is 2.69. The highest BCUT2D eigenvalue weighted by molar-refractivity contribution is 5.70. The molecule has 0 saturated heterocycles. The van der Waals surface area contributed by atoms with Crippen LogP contribution in [-0.4, -0.2) is 21.5 Å². The normalized spacial score (nSPS) is 9.71. The van der Waals surface area contributed by atoms with Crippen LogP contribution < -0.4 is 0 Å². The third kappa shape index (κ3) is 1.64. The molecule has 1 heterocycles. The second-order valence-corrected chi connectivity index (χ2v) is 2.69. The van der Waals surface area contributed by atoms with E-state index in [2.05, 4.69) is 15.2 Å². The molecule has 0 saturated carbocycles. The Balaban J connectivity index is 2.39. The van der Waals surface area contributed by atoms with Crippen LogP contribution in [0.25, 0.3) is 11.4 Å². The molecular weight excluding hydrogens is 178 g/mol. The van der Waals surface area contributed by atoms with Crippen LogP contribution in [0.1, 0.15) is 10.5 Å². The highest BCUT2D eigenvalue weighted by Gasteiger charge is 2.00. The third-order valence-corrected chi connectivity index (χ3v) is 1.73. The molecule has 0 atom stereocenters. The van der Waals surface area contributed by atoms with E-state index in [1.165, 1.54) is 6.20 Å². The Labute approximate surface area is 80.6 Å². The van der Waals surface area contributed by atoms with Gasteiger partial charge in [0.15, 0.2) is 12.1 Å². The summed E-state index contributed by atoms with van der Waals surface area (Å²) in [6.45, 7) is 0. The molecule has 2 aromatic rings. The van der Waals surface area contributed by atoms with Crippen LogP contribution in [0.15, 0.2) is 36.5 Å². The molecule has 0 N–H and O–H groups in total. The van der Waals surface area contributed by atoms with E-state index in [0.29, 0.717) is 12.1 Å². The van der Waals surface area contributed by atoms with Crippen LogP contribution >= 0.6 is 0 Å². The summed E-state index contributed by atoms with van der Waals surface area (Å²) < 4.78 is 0. The molecule has 0 unspecified atom stereocenters. The first-order valence-electron chi connectivity index (χ1n) is 4.10. The summed E-state index contributed by atoms with van der Waals surface area (Å²) in [5.41, 5.74) is 1.13. The van der Waals surface area contributed by atoms with Gasteiger partial charge in [0, 0.05) is 5.56 Å². The SMILES string of the molecule is O=Cc1cnc(-c2ccccc2)nn1. The van der Waals surface area contributed by atoms with Gasteiger partial charge in [-0.05, 0) is 0 Å². The van der Waals surface area contributed by atoms with Crippen molar-refractivity contribution >= 4 is 6.29 Å². The van der Waals surface area contributed by atoms with Crippen molar-refractivity contribution in [3.05, 3.63) is 42.2 Å². The molecular formula is C10H7N3O. The summed E-state index contributed by atoms with van der Waals surface area (Å²) in [4.78, 5) is 14.3. The van der Waals surface area contributed by atoms with Gasteiger partial charge in [0.2, 0.25) is 0 Å². The smallest absolute Gasteiger partial charge is 0.181 e. The van der Waals surface area contributed by atoms with E-state index in [9.17, 15) is 4.79 Å². The lowest BCUT2D eigenvalue weighted by molar-refractivity contribution is 0.111. The largest absolute Gasteiger partial charge is 0.296 e. The van der Waals surface area contributed by atoms with Crippen molar-refractivity contribution in [3.63, 3.8) is 0 Å². The van der Waals surface area contributed by atoms with E-state index in [4.69, 9.17) is 0 Å². The fourth-order valence-electron chi connectivity index (χ4n) is 1.06. The molecule has 4 nitrogen and oxygen atoms in total. The molecule has 0 aliphatic heterocycles. The van der Waals surface area contributed by atoms with Crippen molar-refractivity contribution < 1.29 is 4.79 Å². The summed E-state index contributed by atoms with van der Waals surface area (Å²) in [6, 6.07) is 9.48. The highest BCUT2D eigenvalue weighted by Crippen LogP contribution is 2.11. The van der Waals surface area contributed by atoms with Gasteiger partial charge in [0.25, 0.3) is 0 Å². The van der Waals surface area contributed by atoms with E-state index in [-0.39, 0.29) is 5.69 Å². The van der Waals surface area contributed by atoms with E-state index in [0.717, 1.165) is 5.56 Å². The van der Waals surface area contributed by atoms with Crippen LogP contribution in [0.4, 0.5) is 0 Å². The van der Waals surface area contributed by atoms with E-state index >= 15 is 0 Å². The minimum atomic E-state index is 0.240. The second kappa shape index (κ2) is 3.74. The maximum absolute atomic E-state index is 10.3. The zero-order valence-corrected chi connectivity index (χ0v) is 7.29. The summed E-state index contributed by atoms with van der Waals surface area (Å²) >= 11 is 0. The summed E-state index contributed by atoms with van der Waals surface area (Å²) in [7, 11) is 0. The lowest BCUT2D eigenvalue weighted by Gasteiger charge is -1.96. The Hall–Kier alpha value is -2.10. The monoisotopic (exact) mass is 185 g/mol. The van der Waals surface area contributed by atoms with Gasteiger partial charge in [0.1, 0.15) is 5.69 Å². The van der Waals surface area contributed by atoms with E-state index in [1.807, 2.05) is 30.3 Å². The quantitative estimate of drug-likeness (QED) is 0.662. The minimum absolute atomic E-state index is 0.240. The first-order valence-corrected chi connectivity index (χ1v) is 4.10. The first kappa shape index (κ1) is 8.50. The van der Waals surface area contributed by atoms with E-state index in [1.54, 1.807) is 0 Å². The molecule has 0 radical (unpaired) electrons. The van der Waals surface area contributed by atoms with Gasteiger partial charge in [-0.25, -0.2) is 4.98 Å². The van der Waals surface area contributed by atoms with Crippen LogP contribution in [-0.2, 0) is 0 Å². The zero-order chi connectivity index (χ0) is 9.80. The third-order valence-electron chi connectivity index (χ3n) is 1.73. The molecule has 4 heteroatoms. The molecule has 0 fully saturated rings. The van der Waals surface area contributed by atoms with E-state index < -0.39 is 0 Å². The lowest BCUT2D eigenvalue weighted by Crippen LogP contribution is -1.95. The standard InChI is InChI=1S/C10H7N3O/c14-7-9-6-11-10(13-12-9)8-4-2-1-3-5-8/h1-7H. The summed E-state index contributed by atoms with van der Waals surface area (Å²) in [5, 5.41) is 7.52. The van der Waals surface area contributed by atoms with Crippen molar-refractivity contribution in [2.45, 2.75) is 0 Å². The predicted octanol–water partition coefficient (Wildman–Crippen LogP) is 1.35. The molecule has 68 valence electrons. The number of rotatable bonds is 2. The molecule has 1 aromatic carbocycles. The van der Waals surface area contributed by atoms with Crippen LogP contribution in [0.2, 0.25) is 0 Å². The highest BCUT2D eigenvalue weighted by atomic mass is 16.1. The summed E-state index contributed by atoms with van der Waals surface area (Å²) in [6.07, 6.45) is 2.02. The molecule has 14 heavy (non-hydrogen) atoms.